The Bertz CT molecular complexity index is 1060. The number of hydrogen-bond donors (Lipinski definition) is 7. The molecule has 4 fully saturated rings. The van der Waals surface area contributed by atoms with E-state index in [2.05, 4.69) is 0 Å². The molecule has 0 amide bonds. The molecular weight excluding hydrogens is 504 g/mol. The summed E-state index contributed by atoms with van der Waals surface area (Å²) in [5, 5.41) is 75.1. The van der Waals surface area contributed by atoms with Crippen LogP contribution in [0.25, 0.3) is 0 Å². The normalized spacial score (nSPS) is 54.9. The van der Waals surface area contributed by atoms with E-state index in [-0.39, 0.29) is 25.0 Å². The van der Waals surface area contributed by atoms with Crippen LogP contribution < -0.4 is 0 Å². The Kier molecular flexibility index (Phi) is 6.38. The zero-order valence-electron chi connectivity index (χ0n) is 21.9. The van der Waals surface area contributed by atoms with Crippen LogP contribution in [0.5, 0.6) is 0 Å². The molecule has 0 aromatic rings. The van der Waals surface area contributed by atoms with Crippen molar-refractivity contribution in [2.24, 2.45) is 22.7 Å². The van der Waals surface area contributed by atoms with E-state index >= 15 is 0 Å². The van der Waals surface area contributed by atoms with Crippen LogP contribution >= 0.6 is 0 Å². The Morgan fingerprint density at radius 1 is 1.11 bits per heavy atom. The van der Waals surface area contributed by atoms with E-state index in [4.69, 9.17) is 14.2 Å². The van der Waals surface area contributed by atoms with Gasteiger partial charge in [0.1, 0.15) is 35.4 Å². The molecule has 3 bridgehead atoms. The van der Waals surface area contributed by atoms with Crippen molar-refractivity contribution >= 4 is 11.6 Å². The molecule has 1 spiro atoms. The molecule has 0 aromatic heterocycles. The van der Waals surface area contributed by atoms with Crippen molar-refractivity contribution in [3.63, 3.8) is 0 Å². The molecule has 1 saturated carbocycles. The summed E-state index contributed by atoms with van der Waals surface area (Å²) in [4.78, 5) is 28.2. The summed E-state index contributed by atoms with van der Waals surface area (Å²) in [5.41, 5.74) is -7.54. The number of ether oxygens (including phenoxy) is 3. The lowest BCUT2D eigenvalue weighted by atomic mass is 9.51. The van der Waals surface area contributed by atoms with Crippen LogP contribution in [0.2, 0.25) is 0 Å². The summed E-state index contributed by atoms with van der Waals surface area (Å²) >= 11 is 0. The fourth-order valence-corrected chi connectivity index (χ4v) is 7.64. The fourth-order valence-electron chi connectivity index (χ4n) is 7.64. The molecule has 3 heterocycles. The molecule has 12 nitrogen and oxygen atoms in total. The van der Waals surface area contributed by atoms with Crippen LogP contribution in [0.1, 0.15) is 47.0 Å². The average molecular weight is 543 g/mol. The third-order valence-electron chi connectivity index (χ3n) is 10.2. The summed E-state index contributed by atoms with van der Waals surface area (Å²) in [5.74, 6) is -4.63. The number of fused-ring (bicyclic) bond motifs is 2. The Morgan fingerprint density at radius 2 is 1.76 bits per heavy atom. The highest BCUT2D eigenvalue weighted by Crippen LogP contribution is 2.71. The third-order valence-corrected chi connectivity index (χ3v) is 10.2. The Balaban J connectivity index is 1.52. The summed E-state index contributed by atoms with van der Waals surface area (Å²) < 4.78 is 17.1. The van der Waals surface area contributed by atoms with Crippen molar-refractivity contribution in [2.75, 3.05) is 13.2 Å². The van der Waals surface area contributed by atoms with Crippen LogP contribution in [0.15, 0.2) is 11.6 Å². The van der Waals surface area contributed by atoms with Gasteiger partial charge < -0.3 is 50.0 Å². The topological polar surface area (TPSA) is 203 Å². The van der Waals surface area contributed by atoms with Crippen LogP contribution in [-0.4, -0.2) is 114 Å². The third kappa shape index (κ3) is 3.10. The smallest absolute Gasteiger partial charge is 0.186 e. The predicted octanol–water partition coefficient (Wildman–Crippen LogP) is -2.09. The zero-order chi connectivity index (χ0) is 28.2. The first kappa shape index (κ1) is 28.2. The Hall–Kier alpha value is -1.32. The number of rotatable bonds is 5. The van der Waals surface area contributed by atoms with Gasteiger partial charge in [0.05, 0.1) is 24.7 Å². The largest absolute Gasteiger partial charge is 0.394 e. The monoisotopic (exact) mass is 542 g/mol. The molecule has 7 N–H and O–H groups in total. The van der Waals surface area contributed by atoms with Crippen LogP contribution in [0, 0.1) is 22.7 Å². The van der Waals surface area contributed by atoms with Crippen LogP contribution in [0.3, 0.4) is 0 Å². The van der Waals surface area contributed by atoms with E-state index in [1.54, 1.807) is 13.8 Å². The highest BCUT2D eigenvalue weighted by Gasteiger charge is 2.87. The fraction of sp³-hybridized carbons (Fsp3) is 0.846. The Labute approximate surface area is 219 Å². The van der Waals surface area contributed by atoms with Crippen molar-refractivity contribution in [3.8, 4) is 0 Å². The number of Topliss-reactive ketones (excluding diaryl/α,β-unsaturated/α-hetero) is 1. The van der Waals surface area contributed by atoms with Crippen molar-refractivity contribution in [3.05, 3.63) is 11.6 Å². The lowest BCUT2D eigenvalue weighted by Crippen LogP contribution is -2.78. The predicted molar refractivity (Wildman–Crippen MR) is 126 cm³/mol. The van der Waals surface area contributed by atoms with Gasteiger partial charge in [-0.1, -0.05) is 13.8 Å². The van der Waals surface area contributed by atoms with Gasteiger partial charge in [-0.25, -0.2) is 0 Å². The quantitative estimate of drug-likeness (QED) is 0.200. The lowest BCUT2D eigenvalue weighted by molar-refractivity contribution is -0.375. The molecule has 0 aromatic carbocycles. The van der Waals surface area contributed by atoms with Crippen molar-refractivity contribution in [1.29, 1.82) is 0 Å². The van der Waals surface area contributed by atoms with E-state index in [0.717, 1.165) is 0 Å². The molecule has 2 aliphatic carbocycles. The maximum Gasteiger partial charge on any atom is 0.186 e. The van der Waals surface area contributed by atoms with Crippen LogP contribution in [0.4, 0.5) is 0 Å². The number of carbonyl (C=O) groups excluding carboxylic acids is 2. The summed E-state index contributed by atoms with van der Waals surface area (Å²) in [7, 11) is 0. The van der Waals surface area contributed by atoms with Gasteiger partial charge in [-0.2, -0.15) is 0 Å². The van der Waals surface area contributed by atoms with Gasteiger partial charge in [-0.15, -0.1) is 0 Å². The second-order valence-electron chi connectivity index (χ2n) is 12.3. The van der Waals surface area contributed by atoms with E-state index < -0.39 is 94.6 Å². The number of aliphatic hydroxyl groups is 7. The van der Waals surface area contributed by atoms with Crippen molar-refractivity contribution in [2.45, 2.75) is 101 Å². The molecule has 5 aliphatic rings. The molecule has 13 atom stereocenters. The molecular formula is C26H38O12. The van der Waals surface area contributed by atoms with Gasteiger partial charge in [0.25, 0.3) is 0 Å². The first-order valence-corrected chi connectivity index (χ1v) is 13.1. The van der Waals surface area contributed by atoms with E-state index in [1.807, 2.05) is 0 Å². The highest BCUT2D eigenvalue weighted by molar-refractivity contribution is 6.08. The lowest BCUT2D eigenvalue weighted by Gasteiger charge is -2.61. The SMILES string of the molecule is C[C@H](CO[C@@H]1O[C@H](CO)[C@@H](O)[C@H](O)[C@H]1O)C1=CC(=O)[C@@]2(C)C[C@]3(O)O[C@]4(C(=O)[C@]13C)[C@H](O)[C@@H](C)CC[C@@]42O. The Morgan fingerprint density at radius 3 is 2.39 bits per heavy atom. The van der Waals surface area contributed by atoms with Gasteiger partial charge in [0.2, 0.25) is 0 Å². The first-order valence-electron chi connectivity index (χ1n) is 13.1. The average Bonchev–Trinajstić information content (AvgIpc) is 2.99. The molecule has 12 heteroatoms. The van der Waals surface area contributed by atoms with E-state index in [0.29, 0.717) is 6.42 Å². The number of aliphatic hydroxyl groups excluding tert-OH is 5. The first-order chi connectivity index (χ1) is 17.6. The standard InChI is InChI=1S/C26H38O12/c1-11-5-6-24(34)22(3)10-25(35)23(4,21(33)26(24,38-25)19(11)32)13(7-15(22)28)12(2)9-36-20-18(31)17(30)16(29)14(8-27)37-20/h7,11-12,14,16-20,27,29-32,34-35H,5-6,8-10H2,1-4H3/t11-,12+,14+,16+,17-,18+,19+,20+,22+,23-,24-,25-,26-/m0/s1. The second kappa shape index (κ2) is 8.59. The minimum Gasteiger partial charge on any atom is -0.394 e. The van der Waals surface area contributed by atoms with Gasteiger partial charge >= 0.3 is 0 Å². The number of ketones is 2. The minimum absolute atomic E-state index is 0.0321. The van der Waals surface area contributed by atoms with Gasteiger partial charge in [0.15, 0.2) is 29.2 Å². The van der Waals surface area contributed by atoms with Gasteiger partial charge in [0, 0.05) is 12.3 Å². The zero-order valence-corrected chi connectivity index (χ0v) is 21.9. The summed E-state index contributed by atoms with van der Waals surface area (Å²) in [6.07, 6.45) is -7.66. The second-order valence-corrected chi connectivity index (χ2v) is 12.3. The van der Waals surface area contributed by atoms with Gasteiger partial charge in [-0.3, -0.25) is 9.59 Å². The molecule has 0 radical (unpaired) electrons. The molecule has 3 aliphatic heterocycles. The highest BCUT2D eigenvalue weighted by atomic mass is 16.7. The van der Waals surface area contributed by atoms with E-state index in [1.165, 1.54) is 19.9 Å². The molecule has 38 heavy (non-hydrogen) atoms. The number of hydrogen-bond acceptors (Lipinski definition) is 12. The van der Waals surface area contributed by atoms with Gasteiger partial charge in [-0.05, 0) is 44.3 Å². The number of carbonyl (C=O) groups is 2. The van der Waals surface area contributed by atoms with Crippen LogP contribution in [-0.2, 0) is 23.8 Å². The van der Waals surface area contributed by atoms with Crippen molar-refractivity contribution < 1.29 is 59.5 Å². The maximum absolute atomic E-state index is 14.4. The molecule has 3 saturated heterocycles. The molecule has 214 valence electrons. The van der Waals surface area contributed by atoms with E-state index in [9.17, 15) is 45.3 Å². The number of allylic oxidation sites excluding steroid dienone is 1. The molecule has 0 unspecified atom stereocenters. The minimum atomic E-state index is -2.21. The summed E-state index contributed by atoms with van der Waals surface area (Å²) in [6.45, 7) is 5.39. The molecule has 5 rings (SSSR count). The maximum atomic E-state index is 14.4. The van der Waals surface area contributed by atoms with Crippen molar-refractivity contribution in [1.82, 2.24) is 0 Å². The summed E-state index contributed by atoms with van der Waals surface area (Å²) in [6, 6.07) is 0.